The molecule has 1 heterocycles. The van der Waals surface area contributed by atoms with Crippen molar-refractivity contribution in [3.63, 3.8) is 0 Å². The highest BCUT2D eigenvalue weighted by Gasteiger charge is 2.35. The predicted octanol–water partition coefficient (Wildman–Crippen LogP) is 8.91. The summed E-state index contributed by atoms with van der Waals surface area (Å²) in [5, 5.41) is 0. The molecule has 0 saturated carbocycles. The van der Waals surface area contributed by atoms with Gasteiger partial charge in [0.1, 0.15) is 0 Å². The van der Waals surface area contributed by atoms with E-state index in [2.05, 4.69) is 63.2 Å². The maximum absolute atomic E-state index is 4.72. The van der Waals surface area contributed by atoms with Gasteiger partial charge in [0.2, 0.25) is 0 Å². The lowest BCUT2D eigenvalue weighted by molar-refractivity contribution is 0.556. The summed E-state index contributed by atoms with van der Waals surface area (Å²) in [6, 6.07) is 15.5. The Morgan fingerprint density at radius 2 is 1.27 bits per heavy atom. The van der Waals surface area contributed by atoms with Crippen LogP contribution in [0.15, 0.2) is 54.9 Å². The molecule has 0 bridgehead atoms. The first-order valence-electron chi connectivity index (χ1n) is 13.2. The maximum Gasteiger partial charge on any atom is 0.159 e. The van der Waals surface area contributed by atoms with Crippen LogP contribution in [0.25, 0.3) is 22.5 Å². The second-order valence-corrected chi connectivity index (χ2v) is 10.3. The van der Waals surface area contributed by atoms with E-state index in [-0.39, 0.29) is 5.41 Å². The molecular formula is C31H40N2. The molecule has 1 aliphatic rings. The van der Waals surface area contributed by atoms with Crippen LogP contribution < -0.4 is 0 Å². The van der Waals surface area contributed by atoms with Crippen molar-refractivity contribution < 1.29 is 0 Å². The third-order valence-electron chi connectivity index (χ3n) is 7.37. The molecule has 0 atom stereocenters. The Morgan fingerprint density at radius 3 is 1.97 bits per heavy atom. The van der Waals surface area contributed by atoms with Gasteiger partial charge in [0.05, 0.1) is 0 Å². The zero-order valence-electron chi connectivity index (χ0n) is 20.9. The second kappa shape index (κ2) is 11.1. The summed E-state index contributed by atoms with van der Waals surface area (Å²) in [6.45, 7) is 6.92. The summed E-state index contributed by atoms with van der Waals surface area (Å²) < 4.78 is 0. The van der Waals surface area contributed by atoms with Crippen molar-refractivity contribution in [3.8, 4) is 22.5 Å². The first kappa shape index (κ1) is 23.7. The summed E-state index contributed by atoms with van der Waals surface area (Å²) in [5.74, 6) is 0.830. The van der Waals surface area contributed by atoms with Crippen molar-refractivity contribution in [2.75, 3.05) is 0 Å². The number of hydrogen-bond acceptors (Lipinski definition) is 2. The molecule has 0 saturated heterocycles. The fraction of sp³-hybridized carbons (Fsp3) is 0.484. The molecule has 0 unspecified atom stereocenters. The molecule has 1 aliphatic carbocycles. The van der Waals surface area contributed by atoms with Gasteiger partial charge < -0.3 is 0 Å². The van der Waals surface area contributed by atoms with Crippen molar-refractivity contribution in [1.82, 2.24) is 9.97 Å². The Bertz CT molecular complexity index is 1030. The highest BCUT2D eigenvalue weighted by Crippen LogP contribution is 2.49. The Balaban J connectivity index is 1.28. The van der Waals surface area contributed by atoms with Gasteiger partial charge in [0, 0.05) is 23.4 Å². The van der Waals surface area contributed by atoms with Crippen molar-refractivity contribution >= 4 is 0 Å². The number of aryl methyl sites for hydroxylation is 1. The molecule has 0 N–H and O–H groups in total. The van der Waals surface area contributed by atoms with E-state index in [0.717, 1.165) is 17.8 Å². The SMILES string of the molecule is CCCCCCCCCCCCc1cnc(-c2ccc3c(c2)C(C)(C)c2ccccc2-3)nc1. The normalized spacial score (nSPS) is 13.7. The van der Waals surface area contributed by atoms with E-state index in [0.29, 0.717) is 0 Å². The number of hydrogen-bond donors (Lipinski definition) is 0. The van der Waals surface area contributed by atoms with Gasteiger partial charge in [0.15, 0.2) is 5.82 Å². The average molecular weight is 441 g/mol. The summed E-state index contributed by atoms with van der Waals surface area (Å²) in [5.41, 5.74) is 7.86. The maximum atomic E-state index is 4.72. The van der Waals surface area contributed by atoms with Gasteiger partial charge in [-0.05, 0) is 46.7 Å². The van der Waals surface area contributed by atoms with Gasteiger partial charge in [0.25, 0.3) is 0 Å². The molecule has 2 aromatic carbocycles. The topological polar surface area (TPSA) is 25.8 Å². The quantitative estimate of drug-likeness (QED) is 0.263. The van der Waals surface area contributed by atoms with E-state index in [9.17, 15) is 0 Å². The molecule has 1 aromatic heterocycles. The minimum Gasteiger partial charge on any atom is -0.236 e. The number of nitrogens with zero attached hydrogens (tertiary/aromatic N) is 2. The fourth-order valence-corrected chi connectivity index (χ4v) is 5.29. The molecule has 0 fully saturated rings. The highest BCUT2D eigenvalue weighted by atomic mass is 14.9. The molecule has 2 nitrogen and oxygen atoms in total. The van der Waals surface area contributed by atoms with Crippen molar-refractivity contribution in [1.29, 1.82) is 0 Å². The van der Waals surface area contributed by atoms with Crippen LogP contribution in [-0.2, 0) is 11.8 Å². The van der Waals surface area contributed by atoms with Gasteiger partial charge in [-0.25, -0.2) is 9.97 Å². The molecule has 0 spiro atoms. The van der Waals surface area contributed by atoms with Crippen LogP contribution in [-0.4, -0.2) is 9.97 Å². The van der Waals surface area contributed by atoms with Gasteiger partial charge in [-0.1, -0.05) is 115 Å². The van der Waals surface area contributed by atoms with E-state index in [1.54, 1.807) is 0 Å². The van der Waals surface area contributed by atoms with Crippen LogP contribution in [0, 0.1) is 0 Å². The monoisotopic (exact) mass is 440 g/mol. The van der Waals surface area contributed by atoms with E-state index in [4.69, 9.17) is 9.97 Å². The molecule has 2 heteroatoms. The molecular weight excluding hydrogens is 400 g/mol. The molecule has 4 rings (SSSR count). The van der Waals surface area contributed by atoms with Crippen LogP contribution in [0.2, 0.25) is 0 Å². The minimum atomic E-state index is 0.0113. The summed E-state index contributed by atoms with van der Waals surface area (Å²) in [4.78, 5) is 9.45. The van der Waals surface area contributed by atoms with Gasteiger partial charge in [-0.15, -0.1) is 0 Å². The van der Waals surface area contributed by atoms with Crippen molar-refractivity contribution in [2.24, 2.45) is 0 Å². The molecule has 0 aliphatic heterocycles. The highest BCUT2D eigenvalue weighted by molar-refractivity contribution is 5.82. The summed E-state index contributed by atoms with van der Waals surface area (Å²) in [6.07, 6.45) is 18.9. The Kier molecular flexibility index (Phi) is 7.96. The predicted molar refractivity (Wildman–Crippen MR) is 141 cm³/mol. The zero-order valence-corrected chi connectivity index (χ0v) is 20.9. The first-order valence-corrected chi connectivity index (χ1v) is 13.2. The average Bonchev–Trinajstić information content (AvgIpc) is 3.07. The lowest BCUT2D eigenvalue weighted by Crippen LogP contribution is -2.15. The van der Waals surface area contributed by atoms with E-state index < -0.39 is 0 Å². The van der Waals surface area contributed by atoms with E-state index in [1.165, 1.54) is 92.0 Å². The number of rotatable bonds is 12. The summed E-state index contributed by atoms with van der Waals surface area (Å²) >= 11 is 0. The third-order valence-corrected chi connectivity index (χ3v) is 7.37. The second-order valence-electron chi connectivity index (χ2n) is 10.3. The molecule has 33 heavy (non-hydrogen) atoms. The lowest BCUT2D eigenvalue weighted by atomic mass is 9.82. The number of fused-ring (bicyclic) bond motifs is 3. The number of aromatic nitrogens is 2. The Hall–Kier alpha value is -2.48. The standard InChI is InChI=1S/C31H40N2/c1-4-5-6-7-8-9-10-11-12-13-16-24-22-32-30(33-23-24)25-19-20-27-26-17-14-15-18-28(26)31(2,3)29(27)21-25/h14-15,17-23H,4-13,16H2,1-3H3. The number of unbranched alkanes of at least 4 members (excludes halogenated alkanes) is 9. The smallest absolute Gasteiger partial charge is 0.159 e. The van der Waals surface area contributed by atoms with Crippen LogP contribution >= 0.6 is 0 Å². The van der Waals surface area contributed by atoms with Crippen LogP contribution in [0.1, 0.15) is 102 Å². The summed E-state index contributed by atoms with van der Waals surface area (Å²) in [7, 11) is 0. The fourth-order valence-electron chi connectivity index (χ4n) is 5.29. The van der Waals surface area contributed by atoms with Crippen LogP contribution in [0.4, 0.5) is 0 Å². The zero-order chi connectivity index (χ0) is 23.1. The van der Waals surface area contributed by atoms with Gasteiger partial charge in [-0.3, -0.25) is 0 Å². The molecule has 174 valence electrons. The number of benzene rings is 2. The van der Waals surface area contributed by atoms with Crippen LogP contribution in [0.5, 0.6) is 0 Å². The van der Waals surface area contributed by atoms with E-state index >= 15 is 0 Å². The molecule has 0 amide bonds. The van der Waals surface area contributed by atoms with Gasteiger partial charge >= 0.3 is 0 Å². The Morgan fingerprint density at radius 1 is 0.667 bits per heavy atom. The van der Waals surface area contributed by atoms with Gasteiger partial charge in [-0.2, -0.15) is 0 Å². The lowest BCUT2D eigenvalue weighted by Gasteiger charge is -2.21. The van der Waals surface area contributed by atoms with Crippen molar-refractivity contribution in [2.45, 2.75) is 96.8 Å². The minimum absolute atomic E-state index is 0.0113. The van der Waals surface area contributed by atoms with E-state index in [1.807, 2.05) is 12.4 Å². The van der Waals surface area contributed by atoms with Crippen LogP contribution in [0.3, 0.4) is 0 Å². The molecule has 3 aromatic rings. The third kappa shape index (κ3) is 5.54. The first-order chi connectivity index (χ1) is 16.1. The largest absolute Gasteiger partial charge is 0.236 e. The molecule has 0 radical (unpaired) electrons. The Labute approximate surface area is 200 Å². The van der Waals surface area contributed by atoms with Crippen molar-refractivity contribution in [3.05, 3.63) is 71.5 Å².